The van der Waals surface area contributed by atoms with Crippen LogP contribution in [0.5, 0.6) is 0 Å². The van der Waals surface area contributed by atoms with Gasteiger partial charge in [0.25, 0.3) is 0 Å². The van der Waals surface area contributed by atoms with Crippen LogP contribution in [0.1, 0.15) is 31.4 Å². The van der Waals surface area contributed by atoms with Gasteiger partial charge in [-0.1, -0.05) is 11.6 Å². The van der Waals surface area contributed by atoms with E-state index in [1.165, 1.54) is 18.5 Å². The SMILES string of the molecule is Cc1nc(NC2CCC(C(=O)N3CCOCC3)CC2)nc2c(Nc3ccc(F)c(Cl)c3)ncnc12. The Hall–Kier alpha value is -3.11. The summed E-state index contributed by atoms with van der Waals surface area (Å²) in [7, 11) is 0. The van der Waals surface area contributed by atoms with Crippen molar-refractivity contribution >= 4 is 46.0 Å². The van der Waals surface area contributed by atoms with Crippen LogP contribution in [0.3, 0.4) is 0 Å². The van der Waals surface area contributed by atoms with Gasteiger partial charge in [0.2, 0.25) is 11.9 Å². The number of ether oxygens (including phenoxy) is 1. The number of fused-ring (bicyclic) bond motifs is 1. The van der Waals surface area contributed by atoms with E-state index in [0.29, 0.717) is 54.8 Å². The molecule has 1 aliphatic carbocycles. The number of aromatic nitrogens is 4. The molecule has 0 atom stereocenters. The number of benzene rings is 1. The van der Waals surface area contributed by atoms with E-state index in [1.807, 2.05) is 11.8 Å². The van der Waals surface area contributed by atoms with Crippen LogP contribution in [0.4, 0.5) is 21.8 Å². The number of carbonyl (C=O) groups excluding carboxylic acids is 1. The Labute approximate surface area is 207 Å². The molecule has 11 heteroatoms. The van der Waals surface area contributed by atoms with Crippen molar-refractivity contribution in [1.82, 2.24) is 24.8 Å². The molecule has 5 rings (SSSR count). The summed E-state index contributed by atoms with van der Waals surface area (Å²) in [6.45, 7) is 4.48. The Morgan fingerprint density at radius 2 is 1.89 bits per heavy atom. The molecule has 0 radical (unpaired) electrons. The molecule has 1 aromatic carbocycles. The normalized spacial score (nSPS) is 20.6. The minimum absolute atomic E-state index is 0.0178. The summed E-state index contributed by atoms with van der Waals surface area (Å²) in [5.74, 6) is 0.797. The van der Waals surface area contributed by atoms with E-state index in [4.69, 9.17) is 16.3 Å². The van der Waals surface area contributed by atoms with Crippen molar-refractivity contribution in [3.63, 3.8) is 0 Å². The lowest BCUT2D eigenvalue weighted by atomic mass is 9.85. The number of amides is 1. The molecule has 9 nitrogen and oxygen atoms in total. The Bertz CT molecular complexity index is 1230. The summed E-state index contributed by atoms with van der Waals surface area (Å²) in [5, 5.41) is 6.61. The maximum atomic E-state index is 13.5. The number of morpholine rings is 1. The standard InChI is InChI=1S/C24H27ClFN7O2/c1-14-20-21(22(28-13-27-20)30-17-6-7-19(26)18(25)12-17)32-24(29-14)31-16-4-2-15(3-5-16)23(34)33-8-10-35-11-9-33/h6-7,12-13,15-16H,2-5,8-11H2,1H3,(H,27,28,30)(H,29,31,32). The molecule has 2 aliphatic rings. The molecule has 35 heavy (non-hydrogen) atoms. The maximum Gasteiger partial charge on any atom is 0.225 e. The topological polar surface area (TPSA) is 105 Å². The van der Waals surface area contributed by atoms with Gasteiger partial charge in [0.1, 0.15) is 23.2 Å². The summed E-state index contributed by atoms with van der Waals surface area (Å²) in [5.41, 5.74) is 2.49. The lowest BCUT2D eigenvalue weighted by Gasteiger charge is -2.34. The zero-order chi connectivity index (χ0) is 24.4. The van der Waals surface area contributed by atoms with Gasteiger partial charge >= 0.3 is 0 Å². The van der Waals surface area contributed by atoms with Gasteiger partial charge in [-0.2, -0.15) is 0 Å². The minimum Gasteiger partial charge on any atom is -0.378 e. The van der Waals surface area contributed by atoms with Gasteiger partial charge in [0.15, 0.2) is 5.82 Å². The van der Waals surface area contributed by atoms with Crippen LogP contribution in [0.25, 0.3) is 11.0 Å². The summed E-state index contributed by atoms with van der Waals surface area (Å²) in [4.78, 5) is 32.7. The van der Waals surface area contributed by atoms with Gasteiger partial charge < -0.3 is 20.3 Å². The van der Waals surface area contributed by atoms with Crippen molar-refractivity contribution in [2.75, 3.05) is 36.9 Å². The lowest BCUT2D eigenvalue weighted by Crippen LogP contribution is -2.45. The third-order valence-corrected chi connectivity index (χ3v) is 6.86. The number of hydrogen-bond acceptors (Lipinski definition) is 8. The third kappa shape index (κ3) is 5.28. The summed E-state index contributed by atoms with van der Waals surface area (Å²) in [6.07, 6.45) is 4.84. The van der Waals surface area contributed by atoms with E-state index in [9.17, 15) is 9.18 Å². The van der Waals surface area contributed by atoms with E-state index < -0.39 is 5.82 Å². The molecular formula is C24H27ClFN7O2. The Balaban J connectivity index is 1.29. The number of anilines is 3. The number of hydrogen-bond donors (Lipinski definition) is 2. The van der Waals surface area contributed by atoms with Gasteiger partial charge in [-0.15, -0.1) is 0 Å². The number of nitrogens with one attached hydrogen (secondary N) is 2. The predicted octanol–water partition coefficient (Wildman–Crippen LogP) is 4.09. The van der Waals surface area contributed by atoms with E-state index >= 15 is 0 Å². The molecule has 1 saturated heterocycles. The molecule has 2 aromatic heterocycles. The van der Waals surface area contributed by atoms with Gasteiger partial charge in [-0.3, -0.25) is 4.79 Å². The Morgan fingerprint density at radius 3 is 2.63 bits per heavy atom. The molecule has 1 saturated carbocycles. The fourth-order valence-electron chi connectivity index (χ4n) is 4.67. The van der Waals surface area contributed by atoms with Crippen LogP contribution in [0, 0.1) is 18.7 Å². The van der Waals surface area contributed by atoms with Gasteiger partial charge in [0.05, 0.1) is 23.9 Å². The highest BCUT2D eigenvalue weighted by molar-refractivity contribution is 6.31. The average Bonchev–Trinajstić information content (AvgIpc) is 2.87. The van der Waals surface area contributed by atoms with Crippen molar-refractivity contribution in [1.29, 1.82) is 0 Å². The first-order chi connectivity index (χ1) is 17.0. The molecule has 184 valence electrons. The molecule has 0 spiro atoms. The molecular weight excluding hydrogens is 473 g/mol. The predicted molar refractivity (Wildman–Crippen MR) is 131 cm³/mol. The van der Waals surface area contributed by atoms with Crippen LogP contribution >= 0.6 is 11.6 Å². The minimum atomic E-state index is -0.490. The van der Waals surface area contributed by atoms with Gasteiger partial charge in [-0.05, 0) is 50.8 Å². The molecule has 0 bridgehead atoms. The van der Waals surface area contributed by atoms with Gasteiger partial charge in [0, 0.05) is 30.7 Å². The van der Waals surface area contributed by atoms with E-state index in [1.54, 1.807) is 6.07 Å². The molecule has 2 N–H and O–H groups in total. The zero-order valence-electron chi connectivity index (χ0n) is 19.4. The van der Waals surface area contributed by atoms with Crippen LogP contribution in [0.15, 0.2) is 24.5 Å². The maximum absolute atomic E-state index is 13.5. The monoisotopic (exact) mass is 499 g/mol. The van der Waals surface area contributed by atoms with Gasteiger partial charge in [-0.25, -0.2) is 24.3 Å². The molecule has 2 fully saturated rings. The van der Waals surface area contributed by atoms with Crippen molar-refractivity contribution in [3.05, 3.63) is 41.1 Å². The summed E-state index contributed by atoms with van der Waals surface area (Å²) in [6, 6.07) is 4.55. The highest BCUT2D eigenvalue weighted by atomic mass is 35.5. The van der Waals surface area contributed by atoms with E-state index in [-0.39, 0.29) is 22.9 Å². The highest BCUT2D eigenvalue weighted by Gasteiger charge is 2.30. The summed E-state index contributed by atoms with van der Waals surface area (Å²) < 4.78 is 18.9. The molecule has 3 heterocycles. The van der Waals surface area contributed by atoms with Crippen LogP contribution < -0.4 is 10.6 Å². The van der Waals surface area contributed by atoms with E-state index in [0.717, 1.165) is 31.4 Å². The largest absolute Gasteiger partial charge is 0.378 e. The van der Waals surface area contributed by atoms with Crippen molar-refractivity contribution in [3.8, 4) is 0 Å². The fraction of sp³-hybridized carbons (Fsp3) is 0.458. The number of rotatable bonds is 5. The third-order valence-electron chi connectivity index (χ3n) is 6.57. The second-order valence-corrected chi connectivity index (χ2v) is 9.34. The average molecular weight is 500 g/mol. The molecule has 3 aromatic rings. The fourth-order valence-corrected chi connectivity index (χ4v) is 4.85. The number of carbonyl (C=O) groups is 1. The number of halogens is 2. The first-order valence-corrected chi connectivity index (χ1v) is 12.2. The Kier molecular flexibility index (Phi) is 6.92. The highest BCUT2D eigenvalue weighted by Crippen LogP contribution is 2.30. The first-order valence-electron chi connectivity index (χ1n) is 11.8. The van der Waals surface area contributed by atoms with E-state index in [2.05, 4.69) is 30.6 Å². The summed E-state index contributed by atoms with van der Waals surface area (Å²) >= 11 is 5.92. The van der Waals surface area contributed by atoms with Crippen molar-refractivity contribution in [2.24, 2.45) is 5.92 Å². The molecule has 1 amide bonds. The second kappa shape index (κ2) is 10.2. The van der Waals surface area contributed by atoms with Crippen LogP contribution in [-0.2, 0) is 9.53 Å². The lowest BCUT2D eigenvalue weighted by molar-refractivity contribution is -0.140. The first kappa shape index (κ1) is 23.6. The number of nitrogens with zero attached hydrogens (tertiary/aromatic N) is 5. The second-order valence-electron chi connectivity index (χ2n) is 8.94. The van der Waals surface area contributed by atoms with Crippen LogP contribution in [-0.4, -0.2) is 63.1 Å². The quantitative estimate of drug-likeness (QED) is 0.540. The van der Waals surface area contributed by atoms with Crippen LogP contribution in [0.2, 0.25) is 5.02 Å². The van der Waals surface area contributed by atoms with Crippen molar-refractivity contribution in [2.45, 2.75) is 38.6 Å². The molecule has 1 aliphatic heterocycles. The van der Waals surface area contributed by atoms with Crippen molar-refractivity contribution < 1.29 is 13.9 Å². The zero-order valence-corrected chi connectivity index (χ0v) is 20.2. The molecule has 0 unspecified atom stereocenters. The smallest absolute Gasteiger partial charge is 0.225 e. The number of aryl methyl sites for hydroxylation is 1. The Morgan fingerprint density at radius 1 is 1.11 bits per heavy atom.